The van der Waals surface area contributed by atoms with Crippen LogP contribution in [0.2, 0.25) is 0 Å². The molecule has 0 saturated carbocycles. The predicted molar refractivity (Wildman–Crippen MR) is 192 cm³/mol. The summed E-state index contributed by atoms with van der Waals surface area (Å²) in [7, 11) is 0. The van der Waals surface area contributed by atoms with E-state index in [-0.39, 0.29) is 32.7 Å². The van der Waals surface area contributed by atoms with E-state index in [4.69, 9.17) is 29.4 Å². The van der Waals surface area contributed by atoms with Crippen LogP contribution in [-0.4, -0.2) is 0 Å². The average Bonchev–Trinajstić information content (AvgIpc) is 3.92. The summed E-state index contributed by atoms with van der Waals surface area (Å²) >= 11 is 0. The molecule has 0 atom stereocenters. The van der Waals surface area contributed by atoms with Crippen molar-refractivity contribution < 1.29 is 41.7 Å². The Hall–Kier alpha value is -6.12. The third-order valence-corrected chi connectivity index (χ3v) is 7.76. The summed E-state index contributed by atoms with van der Waals surface area (Å²) in [5.41, 5.74) is -5.41. The smallest absolute Gasteiger partial charge is 0.139 e. The van der Waals surface area contributed by atoms with Gasteiger partial charge in [0.15, 0.2) is 0 Å². The molecule has 2 nitrogen and oxygen atoms in total. The topological polar surface area (TPSA) is 26.3 Å². The normalized spacial score (nSPS) is 19.2. The second-order valence-corrected chi connectivity index (χ2v) is 10.2. The SMILES string of the molecule is [2H]c1cc2oc3c([2H])c4oc5c([2H])c([2H])c([2H])c([2H])c5c4c([2H])c3c2c(-c2c3c([2H])c([2H])cc([2H])c3c(-c3c([2H])c([2H])c([2H])c([2H])c3-c3c([2H])c([2H])c([2H])c([2H])c3[2H])c3c([2H])c([2H])c([2H])c([2H])c23)c1[2H]. The van der Waals surface area contributed by atoms with Gasteiger partial charge in [0, 0.05) is 27.6 Å². The van der Waals surface area contributed by atoms with Crippen molar-refractivity contribution in [1.82, 2.24) is 0 Å². The molecule has 0 bridgehead atoms. The van der Waals surface area contributed by atoms with E-state index in [9.17, 15) is 12.3 Å². The summed E-state index contributed by atoms with van der Waals surface area (Å²) in [4.78, 5) is 0. The van der Waals surface area contributed by atoms with Crippen LogP contribution in [0.1, 0.15) is 32.9 Å². The van der Waals surface area contributed by atoms with E-state index < -0.39 is 211 Å². The number of para-hydroxylation sites is 1. The number of hydrogen-bond donors (Lipinski definition) is 0. The van der Waals surface area contributed by atoms with Gasteiger partial charge in [-0.1, -0.05) is 133 Å². The summed E-state index contributed by atoms with van der Waals surface area (Å²) in [6.07, 6.45) is 0. The maximum Gasteiger partial charge on any atom is 0.139 e. The van der Waals surface area contributed by atoms with Gasteiger partial charge in [-0.15, -0.1) is 0 Å². The van der Waals surface area contributed by atoms with Crippen LogP contribution in [0.15, 0.2) is 166 Å². The van der Waals surface area contributed by atoms with Gasteiger partial charge in [-0.3, -0.25) is 0 Å². The minimum Gasteiger partial charge on any atom is -0.456 e. The van der Waals surface area contributed by atoms with Crippen LogP contribution in [0.4, 0.5) is 0 Å². The summed E-state index contributed by atoms with van der Waals surface area (Å²) in [6.45, 7) is 0. The molecule has 0 saturated heterocycles. The molecule has 0 radical (unpaired) electrons. The number of hydrogen-bond acceptors (Lipinski definition) is 2. The zero-order chi connectivity index (χ0) is 51.1. The Balaban J connectivity index is 1.54. The van der Waals surface area contributed by atoms with Crippen LogP contribution >= 0.6 is 0 Å². The molecule has 2 heterocycles. The molecule has 214 valence electrons. The van der Waals surface area contributed by atoms with Crippen molar-refractivity contribution >= 4 is 65.4 Å². The molecule has 0 spiro atoms. The van der Waals surface area contributed by atoms with Crippen LogP contribution in [0.3, 0.4) is 0 Å². The van der Waals surface area contributed by atoms with Crippen molar-refractivity contribution in [1.29, 1.82) is 0 Å². The van der Waals surface area contributed by atoms with E-state index in [0.29, 0.717) is 0 Å². The Morgan fingerprint density at radius 2 is 0.957 bits per heavy atom. The summed E-state index contributed by atoms with van der Waals surface area (Å²) < 4.78 is 227. The molecular weight excluding hydrogens is 560 g/mol. The van der Waals surface area contributed by atoms with E-state index in [1.807, 2.05) is 0 Å². The van der Waals surface area contributed by atoms with Gasteiger partial charge in [0.1, 0.15) is 22.3 Å². The van der Waals surface area contributed by atoms with Crippen LogP contribution in [0.5, 0.6) is 0 Å². The number of rotatable bonds is 3. The van der Waals surface area contributed by atoms with Crippen molar-refractivity contribution in [2.24, 2.45) is 0 Å². The lowest BCUT2D eigenvalue weighted by Crippen LogP contribution is -1.93. The molecule has 2 heteroatoms. The van der Waals surface area contributed by atoms with Crippen LogP contribution in [0.25, 0.3) is 98.8 Å². The quantitative estimate of drug-likeness (QED) is 0.186. The Bertz CT molecular complexity index is 4140. The first-order valence-corrected chi connectivity index (χ1v) is 13.7. The van der Waals surface area contributed by atoms with Crippen molar-refractivity contribution in [3.8, 4) is 33.4 Å². The van der Waals surface area contributed by atoms with Gasteiger partial charge in [-0.2, -0.15) is 0 Å². The van der Waals surface area contributed by atoms with Gasteiger partial charge < -0.3 is 8.83 Å². The maximum atomic E-state index is 9.66. The van der Waals surface area contributed by atoms with Crippen molar-refractivity contribution in [2.75, 3.05) is 0 Å². The molecular formula is C44H26O2. The van der Waals surface area contributed by atoms with Gasteiger partial charge in [-0.25, -0.2) is 0 Å². The van der Waals surface area contributed by atoms with E-state index in [1.54, 1.807) is 0 Å². The standard InChI is InChI=1S/C44H26O2/c1-2-13-27(14-3-1)28-15-4-5-17-30(28)42-31-18-6-8-20-33(31)43(34-21-9-7-19-32(34)42)35-22-12-24-39-44(35)37-25-36-29-16-10-11-23-38(29)45-40(36)26-41(37)46-39/h1-26H/i1D,2D,3D,4D,5D,6D,8D,9D,10D,11D,12D,13D,14D,15D,16D,17D,18D,19D,20D,21D,22D,23D,25D,26D. The monoisotopic (exact) mass is 610 g/mol. The summed E-state index contributed by atoms with van der Waals surface area (Å²) in [5.74, 6) is 0. The zero-order valence-corrected chi connectivity index (χ0v) is 23.0. The Morgan fingerprint density at radius 3 is 1.78 bits per heavy atom. The first kappa shape index (κ1) is 11.3. The second-order valence-electron chi connectivity index (χ2n) is 10.2. The number of benzene rings is 8. The summed E-state index contributed by atoms with van der Waals surface area (Å²) in [6, 6.07) is -17.4. The van der Waals surface area contributed by atoms with E-state index in [2.05, 4.69) is 0 Å². The molecule has 46 heavy (non-hydrogen) atoms. The molecule has 8 aromatic carbocycles. The van der Waals surface area contributed by atoms with Gasteiger partial charge in [0.05, 0.1) is 32.9 Å². The van der Waals surface area contributed by atoms with Gasteiger partial charge in [-0.05, 0) is 73.1 Å². The largest absolute Gasteiger partial charge is 0.456 e. The highest BCUT2D eigenvalue weighted by atomic mass is 16.3. The molecule has 2 aromatic heterocycles. The van der Waals surface area contributed by atoms with Gasteiger partial charge in [0.2, 0.25) is 0 Å². The highest BCUT2D eigenvalue weighted by Gasteiger charge is 2.22. The fourth-order valence-electron chi connectivity index (χ4n) is 5.92. The lowest BCUT2D eigenvalue weighted by atomic mass is 9.83. The highest BCUT2D eigenvalue weighted by molar-refractivity contribution is 6.27. The minimum absolute atomic E-state index is 0.289. The Labute approximate surface area is 298 Å². The van der Waals surface area contributed by atoms with Crippen molar-refractivity contribution in [3.63, 3.8) is 0 Å². The Morgan fingerprint density at radius 1 is 0.370 bits per heavy atom. The molecule has 0 N–H and O–H groups in total. The molecule has 0 unspecified atom stereocenters. The summed E-state index contributed by atoms with van der Waals surface area (Å²) in [5, 5.41) is -3.57. The fraction of sp³-hybridized carbons (Fsp3) is 0. The van der Waals surface area contributed by atoms with Crippen LogP contribution < -0.4 is 0 Å². The molecule has 10 rings (SSSR count). The lowest BCUT2D eigenvalue weighted by Gasteiger charge is -2.20. The number of furan rings is 2. The Kier molecular flexibility index (Phi) is 2.39. The average molecular weight is 611 g/mol. The third kappa shape index (κ3) is 3.59. The fourth-order valence-corrected chi connectivity index (χ4v) is 5.92. The van der Waals surface area contributed by atoms with Gasteiger partial charge in [0.25, 0.3) is 0 Å². The molecule has 0 aliphatic carbocycles. The molecule has 0 fully saturated rings. The lowest BCUT2D eigenvalue weighted by molar-refractivity contribution is 0.656. The first-order valence-electron chi connectivity index (χ1n) is 25.7. The zero-order valence-electron chi connectivity index (χ0n) is 47.0. The minimum atomic E-state index is -0.972. The van der Waals surface area contributed by atoms with E-state index in [0.717, 1.165) is 12.1 Å². The molecule has 0 aliphatic heterocycles. The predicted octanol–water partition coefficient (Wildman–Crippen LogP) is 12.8. The van der Waals surface area contributed by atoms with Crippen molar-refractivity contribution in [2.45, 2.75) is 0 Å². The maximum absolute atomic E-state index is 9.66. The first-order chi connectivity index (χ1) is 32.8. The second kappa shape index (κ2) is 9.69. The van der Waals surface area contributed by atoms with E-state index in [1.165, 1.54) is 0 Å². The molecule has 0 aliphatic rings. The van der Waals surface area contributed by atoms with E-state index >= 15 is 0 Å². The van der Waals surface area contributed by atoms with Crippen molar-refractivity contribution in [3.05, 3.63) is 157 Å². The van der Waals surface area contributed by atoms with Crippen LogP contribution in [0, 0.1) is 0 Å². The van der Waals surface area contributed by atoms with Crippen LogP contribution in [-0.2, 0) is 0 Å². The molecule has 10 aromatic rings. The highest BCUT2D eigenvalue weighted by Crippen LogP contribution is 2.48. The third-order valence-electron chi connectivity index (χ3n) is 7.76. The molecule has 0 amide bonds. The number of fused-ring (bicyclic) bond motifs is 8. The van der Waals surface area contributed by atoms with Gasteiger partial charge >= 0.3 is 0 Å².